The van der Waals surface area contributed by atoms with Crippen LogP contribution in [0.25, 0.3) is 0 Å². The predicted molar refractivity (Wildman–Crippen MR) is 90.2 cm³/mol. The van der Waals surface area contributed by atoms with E-state index in [2.05, 4.69) is 6.58 Å². The summed E-state index contributed by atoms with van der Waals surface area (Å²) < 4.78 is 15.9. The van der Waals surface area contributed by atoms with E-state index in [0.29, 0.717) is 5.75 Å². The van der Waals surface area contributed by atoms with E-state index in [4.69, 9.17) is 14.2 Å². The Morgan fingerprint density at radius 1 is 1.15 bits per heavy atom. The summed E-state index contributed by atoms with van der Waals surface area (Å²) in [5.41, 5.74) is 0.744. The fraction of sp³-hybridized carbons (Fsp3) is 0.500. The topological polar surface area (TPSA) is 126 Å². The Bertz CT molecular complexity index is 627. The largest absolute Gasteiger partial charge is 0.510 e. The summed E-state index contributed by atoms with van der Waals surface area (Å²) in [6.07, 6.45) is -7.22. The van der Waals surface area contributed by atoms with Gasteiger partial charge in [0.05, 0.1) is 5.92 Å². The molecule has 1 aliphatic rings. The number of carbonyl (C=O) groups excluding carboxylic acids is 1. The van der Waals surface area contributed by atoms with Crippen LogP contribution >= 0.6 is 0 Å². The molecule has 8 heteroatoms. The molecule has 26 heavy (non-hydrogen) atoms. The Morgan fingerprint density at radius 2 is 1.77 bits per heavy atom. The van der Waals surface area contributed by atoms with Crippen molar-refractivity contribution in [1.82, 2.24) is 0 Å². The first-order chi connectivity index (χ1) is 12.2. The van der Waals surface area contributed by atoms with E-state index in [0.717, 1.165) is 5.56 Å². The van der Waals surface area contributed by atoms with Crippen molar-refractivity contribution in [2.24, 2.45) is 5.92 Å². The van der Waals surface area contributed by atoms with Crippen molar-refractivity contribution >= 4 is 5.97 Å². The van der Waals surface area contributed by atoms with Crippen molar-refractivity contribution in [2.45, 2.75) is 51.2 Å². The molecule has 5 atom stereocenters. The normalized spacial score (nSPS) is 28.6. The molecule has 0 aromatic heterocycles. The van der Waals surface area contributed by atoms with Gasteiger partial charge in [-0.05, 0) is 17.7 Å². The molecule has 1 aliphatic heterocycles. The third kappa shape index (κ3) is 4.73. The van der Waals surface area contributed by atoms with Crippen molar-refractivity contribution in [3.8, 4) is 5.75 Å². The number of benzene rings is 1. The molecular weight excluding hydrogens is 344 g/mol. The lowest BCUT2D eigenvalue weighted by Crippen LogP contribution is -2.59. The monoisotopic (exact) mass is 368 g/mol. The lowest BCUT2D eigenvalue weighted by Gasteiger charge is -2.39. The molecule has 0 spiro atoms. The molecular formula is C18H24O8. The van der Waals surface area contributed by atoms with E-state index < -0.39 is 36.5 Å². The van der Waals surface area contributed by atoms with Crippen LogP contribution in [0.15, 0.2) is 36.6 Å². The summed E-state index contributed by atoms with van der Waals surface area (Å²) in [6.45, 7) is 6.88. The molecule has 0 radical (unpaired) electrons. The second-order valence-electron chi connectivity index (χ2n) is 6.41. The van der Waals surface area contributed by atoms with Crippen LogP contribution in [0.5, 0.6) is 5.75 Å². The molecule has 0 saturated carbocycles. The summed E-state index contributed by atoms with van der Waals surface area (Å²) in [4.78, 5) is 11.5. The summed E-state index contributed by atoms with van der Waals surface area (Å²) in [6, 6.07) is 6.50. The summed E-state index contributed by atoms with van der Waals surface area (Å²) in [5, 5.41) is 39.1. The lowest BCUT2D eigenvalue weighted by atomic mass is 9.98. The third-order valence-corrected chi connectivity index (χ3v) is 3.93. The second-order valence-corrected chi connectivity index (χ2v) is 6.41. The molecule has 2 rings (SSSR count). The number of aliphatic hydroxyl groups is 4. The van der Waals surface area contributed by atoms with Crippen LogP contribution in [0.2, 0.25) is 0 Å². The molecule has 1 aromatic carbocycles. The van der Waals surface area contributed by atoms with Crippen LogP contribution in [0.3, 0.4) is 0 Å². The van der Waals surface area contributed by atoms with Crippen molar-refractivity contribution in [3.05, 3.63) is 42.2 Å². The highest BCUT2D eigenvalue weighted by molar-refractivity contribution is 5.71. The second kappa shape index (κ2) is 8.50. The number of esters is 1. The van der Waals surface area contributed by atoms with Gasteiger partial charge in [0.1, 0.15) is 42.5 Å². The molecule has 1 aromatic rings. The molecule has 0 amide bonds. The molecule has 1 heterocycles. The van der Waals surface area contributed by atoms with Gasteiger partial charge in [-0.15, -0.1) is 0 Å². The van der Waals surface area contributed by atoms with Crippen LogP contribution in [0.1, 0.15) is 19.4 Å². The van der Waals surface area contributed by atoms with Crippen molar-refractivity contribution in [1.29, 1.82) is 0 Å². The number of ether oxygens (including phenoxy) is 3. The molecule has 8 nitrogen and oxygen atoms in total. The maximum atomic E-state index is 11.5. The molecule has 0 aliphatic carbocycles. The quantitative estimate of drug-likeness (QED) is 0.426. The SMILES string of the molecule is C=C(O)[C@H]1O[C@@H](Oc2ccc(COC(=O)C(C)C)cc2)[C@H](O)[C@@H](O)[C@@H]1O. The van der Waals surface area contributed by atoms with Crippen LogP contribution in [-0.2, 0) is 20.9 Å². The maximum Gasteiger partial charge on any atom is 0.308 e. The minimum atomic E-state index is -1.57. The number of aliphatic hydroxyl groups excluding tert-OH is 4. The average molecular weight is 368 g/mol. The van der Waals surface area contributed by atoms with Gasteiger partial charge in [-0.1, -0.05) is 32.6 Å². The van der Waals surface area contributed by atoms with Crippen LogP contribution in [0, 0.1) is 5.92 Å². The zero-order chi connectivity index (χ0) is 19.4. The first-order valence-electron chi connectivity index (χ1n) is 8.20. The minimum Gasteiger partial charge on any atom is -0.510 e. The summed E-state index contributed by atoms with van der Waals surface area (Å²) >= 11 is 0. The van der Waals surface area contributed by atoms with Crippen LogP contribution in [0.4, 0.5) is 0 Å². The Balaban J connectivity index is 1.99. The zero-order valence-corrected chi connectivity index (χ0v) is 14.6. The highest BCUT2D eigenvalue weighted by atomic mass is 16.7. The van der Waals surface area contributed by atoms with Gasteiger partial charge in [-0.2, -0.15) is 0 Å². The number of hydrogen-bond donors (Lipinski definition) is 4. The van der Waals surface area contributed by atoms with E-state index in [9.17, 15) is 25.2 Å². The molecule has 0 bridgehead atoms. The van der Waals surface area contributed by atoms with E-state index in [-0.39, 0.29) is 18.5 Å². The Kier molecular flexibility index (Phi) is 6.60. The number of hydrogen-bond acceptors (Lipinski definition) is 8. The van der Waals surface area contributed by atoms with Crippen LogP contribution < -0.4 is 4.74 Å². The summed E-state index contributed by atoms with van der Waals surface area (Å²) in [7, 11) is 0. The van der Waals surface area contributed by atoms with Gasteiger partial charge in [-0.3, -0.25) is 4.79 Å². The van der Waals surface area contributed by atoms with Crippen LogP contribution in [-0.4, -0.2) is 57.1 Å². The van der Waals surface area contributed by atoms with Crippen molar-refractivity contribution < 1.29 is 39.4 Å². The van der Waals surface area contributed by atoms with E-state index in [1.54, 1.807) is 38.1 Å². The Hall–Kier alpha value is -2.13. The number of carbonyl (C=O) groups is 1. The van der Waals surface area contributed by atoms with Crippen molar-refractivity contribution in [2.75, 3.05) is 0 Å². The molecule has 1 saturated heterocycles. The first kappa shape index (κ1) is 20.2. The van der Waals surface area contributed by atoms with Gasteiger partial charge in [0, 0.05) is 0 Å². The first-order valence-corrected chi connectivity index (χ1v) is 8.20. The van der Waals surface area contributed by atoms with E-state index in [1.807, 2.05) is 0 Å². The van der Waals surface area contributed by atoms with Gasteiger partial charge >= 0.3 is 5.97 Å². The smallest absolute Gasteiger partial charge is 0.308 e. The molecule has 1 fully saturated rings. The van der Waals surface area contributed by atoms with Gasteiger partial charge < -0.3 is 34.6 Å². The Labute approximate surface area is 151 Å². The Morgan fingerprint density at radius 3 is 2.31 bits per heavy atom. The average Bonchev–Trinajstić information content (AvgIpc) is 2.60. The highest BCUT2D eigenvalue weighted by Crippen LogP contribution is 2.26. The maximum absolute atomic E-state index is 11.5. The standard InChI is InChI=1S/C18H24O8/c1-9(2)17(23)24-8-11-4-6-12(7-5-11)25-18-15(22)13(20)14(21)16(26-18)10(3)19/h4-7,9,13-16,18-22H,3,8H2,1-2H3/t13-,14-,15+,16+,18+/m0/s1. The molecule has 144 valence electrons. The minimum absolute atomic E-state index is 0.122. The van der Waals surface area contributed by atoms with Gasteiger partial charge in [0.2, 0.25) is 6.29 Å². The van der Waals surface area contributed by atoms with Gasteiger partial charge in [-0.25, -0.2) is 0 Å². The molecule has 0 unspecified atom stereocenters. The number of rotatable bonds is 6. The fourth-order valence-corrected chi connectivity index (χ4v) is 2.34. The lowest BCUT2D eigenvalue weighted by molar-refractivity contribution is -0.268. The van der Waals surface area contributed by atoms with Gasteiger partial charge in [0.15, 0.2) is 0 Å². The summed E-state index contributed by atoms with van der Waals surface area (Å²) in [5.74, 6) is -0.677. The predicted octanol–water partition coefficient (Wildman–Crippen LogP) is 0.644. The molecule has 4 N–H and O–H groups in total. The fourth-order valence-electron chi connectivity index (χ4n) is 2.34. The third-order valence-electron chi connectivity index (χ3n) is 3.93. The van der Waals surface area contributed by atoms with Gasteiger partial charge in [0.25, 0.3) is 0 Å². The van der Waals surface area contributed by atoms with Crippen molar-refractivity contribution in [3.63, 3.8) is 0 Å². The zero-order valence-electron chi connectivity index (χ0n) is 14.6. The highest BCUT2D eigenvalue weighted by Gasteiger charge is 2.46. The van der Waals surface area contributed by atoms with E-state index >= 15 is 0 Å². The van der Waals surface area contributed by atoms with E-state index in [1.165, 1.54) is 0 Å².